The molecule has 0 unspecified atom stereocenters. The Labute approximate surface area is 100 Å². The molecule has 2 saturated carbocycles. The molecular formula is C11H16Cl2O2. The highest BCUT2D eigenvalue weighted by atomic mass is 35.5. The topological polar surface area (TPSA) is 34.1 Å². The van der Waals surface area contributed by atoms with Crippen LogP contribution in [0.15, 0.2) is 0 Å². The van der Waals surface area contributed by atoms with Crippen molar-refractivity contribution in [3.63, 3.8) is 0 Å². The molecule has 0 bridgehead atoms. The Morgan fingerprint density at radius 2 is 1.07 bits per heavy atom. The first-order valence-electron chi connectivity index (χ1n) is 5.50. The van der Waals surface area contributed by atoms with Gasteiger partial charge in [-0.05, 0) is 48.9 Å². The zero-order chi connectivity index (χ0) is 11.3. The molecule has 0 aliphatic heterocycles. The molecule has 15 heavy (non-hydrogen) atoms. The standard InChI is InChI=1S/C6H9ClO.C5H7ClO/c7-6(8)5-3-1-2-4-5;6-5(7)4-2-1-3-4/h5H,1-4H2;4H,1-3H2. The first-order chi connectivity index (χ1) is 7.11. The van der Waals surface area contributed by atoms with Gasteiger partial charge in [-0.25, -0.2) is 0 Å². The number of hydrogen-bond donors (Lipinski definition) is 0. The fourth-order valence-electron chi connectivity index (χ4n) is 1.79. The molecule has 2 aliphatic carbocycles. The maximum absolute atomic E-state index is 10.4. The van der Waals surface area contributed by atoms with E-state index in [1.54, 1.807) is 0 Å². The van der Waals surface area contributed by atoms with Gasteiger partial charge >= 0.3 is 0 Å². The Bertz CT molecular complexity index is 231. The van der Waals surface area contributed by atoms with Gasteiger partial charge in [0.2, 0.25) is 10.5 Å². The summed E-state index contributed by atoms with van der Waals surface area (Å²) in [6.45, 7) is 0. The predicted molar refractivity (Wildman–Crippen MR) is 61.0 cm³/mol. The highest BCUT2D eigenvalue weighted by Gasteiger charge is 2.22. The van der Waals surface area contributed by atoms with E-state index in [0.717, 1.165) is 25.7 Å². The summed E-state index contributed by atoms with van der Waals surface area (Å²) in [6, 6.07) is 0. The maximum Gasteiger partial charge on any atom is 0.224 e. The number of carbonyl (C=O) groups excluding carboxylic acids is 2. The minimum Gasteiger partial charge on any atom is -0.281 e. The molecule has 2 nitrogen and oxygen atoms in total. The molecule has 0 radical (unpaired) electrons. The van der Waals surface area contributed by atoms with Gasteiger partial charge in [-0.1, -0.05) is 19.3 Å². The highest BCUT2D eigenvalue weighted by Crippen LogP contribution is 2.28. The van der Waals surface area contributed by atoms with Gasteiger partial charge < -0.3 is 0 Å². The molecule has 4 heteroatoms. The van der Waals surface area contributed by atoms with Gasteiger partial charge in [-0.2, -0.15) is 0 Å². The van der Waals surface area contributed by atoms with Crippen LogP contribution >= 0.6 is 23.2 Å². The van der Waals surface area contributed by atoms with Gasteiger partial charge in [-0.3, -0.25) is 9.59 Å². The molecule has 0 atom stereocenters. The second-order valence-corrected chi connectivity index (χ2v) is 4.96. The van der Waals surface area contributed by atoms with Gasteiger partial charge in [0.05, 0.1) is 0 Å². The number of hydrogen-bond acceptors (Lipinski definition) is 2. The molecule has 2 aliphatic rings. The van der Waals surface area contributed by atoms with E-state index in [-0.39, 0.29) is 22.3 Å². The van der Waals surface area contributed by atoms with Crippen molar-refractivity contribution in [2.45, 2.75) is 44.9 Å². The van der Waals surface area contributed by atoms with Crippen LogP contribution in [-0.2, 0) is 9.59 Å². The third-order valence-corrected chi connectivity index (χ3v) is 3.72. The smallest absolute Gasteiger partial charge is 0.224 e. The molecule has 0 amide bonds. The highest BCUT2D eigenvalue weighted by molar-refractivity contribution is 6.64. The summed E-state index contributed by atoms with van der Waals surface area (Å²) in [4.78, 5) is 20.6. The first kappa shape index (κ1) is 13.0. The second kappa shape index (κ2) is 6.49. The zero-order valence-electron chi connectivity index (χ0n) is 8.68. The Balaban J connectivity index is 0.000000151. The van der Waals surface area contributed by atoms with E-state index in [1.807, 2.05) is 0 Å². The van der Waals surface area contributed by atoms with Crippen molar-refractivity contribution in [2.24, 2.45) is 11.8 Å². The average molecular weight is 251 g/mol. The van der Waals surface area contributed by atoms with Crippen molar-refractivity contribution in [1.29, 1.82) is 0 Å². The van der Waals surface area contributed by atoms with Crippen LogP contribution in [-0.4, -0.2) is 10.5 Å². The van der Waals surface area contributed by atoms with Crippen molar-refractivity contribution in [1.82, 2.24) is 0 Å². The SMILES string of the molecule is O=C(Cl)C1CCC1.O=C(Cl)C1CCCC1. The summed E-state index contributed by atoms with van der Waals surface area (Å²) < 4.78 is 0. The van der Waals surface area contributed by atoms with Gasteiger partial charge in [0.25, 0.3) is 0 Å². The van der Waals surface area contributed by atoms with Crippen LogP contribution in [0, 0.1) is 11.8 Å². The molecule has 0 aromatic carbocycles. The molecular weight excluding hydrogens is 235 g/mol. The van der Waals surface area contributed by atoms with E-state index < -0.39 is 0 Å². The lowest BCUT2D eigenvalue weighted by atomic mass is 9.87. The third kappa shape index (κ3) is 4.52. The van der Waals surface area contributed by atoms with Crippen LogP contribution in [0.25, 0.3) is 0 Å². The van der Waals surface area contributed by atoms with Crippen LogP contribution in [0.4, 0.5) is 0 Å². The lowest BCUT2D eigenvalue weighted by molar-refractivity contribution is -0.117. The molecule has 0 saturated heterocycles. The van der Waals surface area contributed by atoms with Gasteiger partial charge in [0, 0.05) is 11.8 Å². The Morgan fingerprint density at radius 1 is 0.733 bits per heavy atom. The number of halogens is 2. The van der Waals surface area contributed by atoms with E-state index >= 15 is 0 Å². The molecule has 0 N–H and O–H groups in total. The van der Waals surface area contributed by atoms with E-state index in [9.17, 15) is 9.59 Å². The predicted octanol–water partition coefficient (Wildman–Crippen LogP) is 3.49. The molecule has 0 heterocycles. The van der Waals surface area contributed by atoms with Crippen molar-refractivity contribution in [3.05, 3.63) is 0 Å². The van der Waals surface area contributed by atoms with Crippen molar-refractivity contribution < 1.29 is 9.59 Å². The lowest BCUT2D eigenvalue weighted by Gasteiger charge is -2.19. The molecule has 86 valence electrons. The maximum atomic E-state index is 10.4. The lowest BCUT2D eigenvalue weighted by Crippen LogP contribution is -2.16. The summed E-state index contributed by atoms with van der Waals surface area (Å²) in [5, 5.41) is -0.284. The first-order valence-corrected chi connectivity index (χ1v) is 6.25. The zero-order valence-corrected chi connectivity index (χ0v) is 10.2. The monoisotopic (exact) mass is 250 g/mol. The summed E-state index contributed by atoms with van der Waals surface area (Å²) in [5.74, 6) is 0.401. The molecule has 0 aromatic rings. The Morgan fingerprint density at radius 3 is 1.20 bits per heavy atom. The van der Waals surface area contributed by atoms with Crippen molar-refractivity contribution in [3.8, 4) is 0 Å². The molecule has 2 rings (SSSR count). The van der Waals surface area contributed by atoms with Crippen LogP contribution in [0.5, 0.6) is 0 Å². The summed E-state index contributed by atoms with van der Waals surface area (Å²) >= 11 is 10.4. The molecule has 0 aromatic heterocycles. The average Bonchev–Trinajstić information content (AvgIpc) is 2.51. The van der Waals surface area contributed by atoms with Crippen molar-refractivity contribution in [2.75, 3.05) is 0 Å². The van der Waals surface area contributed by atoms with Crippen LogP contribution in [0.3, 0.4) is 0 Å². The van der Waals surface area contributed by atoms with Crippen LogP contribution in [0.1, 0.15) is 44.9 Å². The largest absolute Gasteiger partial charge is 0.281 e. The summed E-state index contributed by atoms with van der Waals surface area (Å²) in [7, 11) is 0. The quantitative estimate of drug-likeness (QED) is 0.704. The fourth-order valence-corrected chi connectivity index (χ4v) is 2.22. The number of carbonyl (C=O) groups is 2. The second-order valence-electron chi connectivity index (χ2n) is 4.22. The molecule has 0 spiro atoms. The minimum atomic E-state index is -0.147. The summed E-state index contributed by atoms with van der Waals surface area (Å²) in [6.07, 6.45) is 7.62. The Kier molecular flexibility index (Phi) is 5.62. The van der Waals surface area contributed by atoms with Crippen molar-refractivity contribution >= 4 is 33.7 Å². The van der Waals surface area contributed by atoms with Gasteiger partial charge in [-0.15, -0.1) is 0 Å². The van der Waals surface area contributed by atoms with Crippen LogP contribution < -0.4 is 0 Å². The van der Waals surface area contributed by atoms with Crippen LogP contribution in [0.2, 0.25) is 0 Å². The van der Waals surface area contributed by atoms with Gasteiger partial charge in [0.15, 0.2) is 0 Å². The van der Waals surface area contributed by atoms with Gasteiger partial charge in [0.1, 0.15) is 0 Å². The van der Waals surface area contributed by atoms with E-state index in [1.165, 1.54) is 19.3 Å². The van der Waals surface area contributed by atoms with E-state index in [0.29, 0.717) is 0 Å². The third-order valence-electron chi connectivity index (χ3n) is 3.10. The number of rotatable bonds is 2. The minimum absolute atomic E-state index is 0.137. The summed E-state index contributed by atoms with van der Waals surface area (Å²) in [5.41, 5.74) is 0. The van der Waals surface area contributed by atoms with E-state index in [4.69, 9.17) is 23.2 Å². The normalized spacial score (nSPS) is 21.5. The Hall–Kier alpha value is -0.0800. The molecule has 2 fully saturated rings. The fraction of sp³-hybridized carbons (Fsp3) is 0.818. The van der Waals surface area contributed by atoms with E-state index in [2.05, 4.69) is 0 Å².